The monoisotopic (exact) mass is 155 g/mol. The van der Waals surface area contributed by atoms with E-state index in [0.29, 0.717) is 18.1 Å². The van der Waals surface area contributed by atoms with E-state index in [1.807, 2.05) is 0 Å². The van der Waals surface area contributed by atoms with Gasteiger partial charge in [0.25, 0.3) is 0 Å². The maximum absolute atomic E-state index is 11.2. The SMILES string of the molecule is CCC(N)CCC(=O)C1CC1. The molecule has 1 aliphatic carbocycles. The van der Waals surface area contributed by atoms with Crippen molar-refractivity contribution >= 4 is 5.78 Å². The van der Waals surface area contributed by atoms with E-state index < -0.39 is 0 Å². The average Bonchev–Trinajstić information content (AvgIpc) is 2.81. The lowest BCUT2D eigenvalue weighted by Crippen LogP contribution is -2.19. The summed E-state index contributed by atoms with van der Waals surface area (Å²) < 4.78 is 0. The summed E-state index contributed by atoms with van der Waals surface area (Å²) in [6.07, 6.45) is 4.82. The van der Waals surface area contributed by atoms with Crippen LogP contribution in [0, 0.1) is 5.92 Å². The van der Waals surface area contributed by atoms with Crippen molar-refractivity contribution in [1.29, 1.82) is 0 Å². The number of carbonyl (C=O) groups is 1. The molecule has 0 aromatic carbocycles. The van der Waals surface area contributed by atoms with Crippen molar-refractivity contribution < 1.29 is 4.79 Å². The van der Waals surface area contributed by atoms with Crippen LogP contribution in [0.3, 0.4) is 0 Å². The van der Waals surface area contributed by atoms with Crippen molar-refractivity contribution in [2.75, 3.05) is 0 Å². The smallest absolute Gasteiger partial charge is 0.136 e. The molecule has 64 valence electrons. The zero-order valence-corrected chi connectivity index (χ0v) is 7.18. The highest BCUT2D eigenvalue weighted by molar-refractivity contribution is 5.83. The Morgan fingerprint density at radius 2 is 2.27 bits per heavy atom. The number of hydrogen-bond donors (Lipinski definition) is 1. The van der Waals surface area contributed by atoms with Gasteiger partial charge in [0.2, 0.25) is 0 Å². The van der Waals surface area contributed by atoms with Crippen molar-refractivity contribution in [3.8, 4) is 0 Å². The van der Waals surface area contributed by atoms with Gasteiger partial charge in [-0.2, -0.15) is 0 Å². The number of carbonyl (C=O) groups excluding carboxylic acids is 1. The lowest BCUT2D eigenvalue weighted by molar-refractivity contribution is -0.120. The van der Waals surface area contributed by atoms with Crippen LogP contribution in [0.1, 0.15) is 39.0 Å². The van der Waals surface area contributed by atoms with Gasteiger partial charge in [-0.15, -0.1) is 0 Å². The molecule has 2 N–H and O–H groups in total. The predicted molar refractivity (Wildman–Crippen MR) is 45.2 cm³/mol. The highest BCUT2D eigenvalue weighted by atomic mass is 16.1. The number of ketones is 1. The Morgan fingerprint density at radius 3 is 2.73 bits per heavy atom. The van der Waals surface area contributed by atoms with E-state index >= 15 is 0 Å². The summed E-state index contributed by atoms with van der Waals surface area (Å²) in [5.74, 6) is 0.855. The molecular weight excluding hydrogens is 138 g/mol. The molecule has 0 radical (unpaired) electrons. The van der Waals surface area contributed by atoms with Crippen LogP contribution in [0.15, 0.2) is 0 Å². The van der Waals surface area contributed by atoms with E-state index in [1.54, 1.807) is 0 Å². The molecule has 0 heterocycles. The third kappa shape index (κ3) is 3.02. The first kappa shape index (κ1) is 8.72. The summed E-state index contributed by atoms with van der Waals surface area (Å²) in [4.78, 5) is 11.2. The highest BCUT2D eigenvalue weighted by Crippen LogP contribution is 2.31. The number of Topliss-reactive ketones (excluding diaryl/α,β-unsaturated/α-hetero) is 1. The van der Waals surface area contributed by atoms with Gasteiger partial charge < -0.3 is 5.73 Å². The van der Waals surface area contributed by atoms with Gasteiger partial charge in [0.1, 0.15) is 5.78 Å². The third-order valence-electron chi connectivity index (χ3n) is 2.32. The number of rotatable bonds is 5. The second kappa shape index (κ2) is 3.86. The molecule has 0 saturated heterocycles. The molecule has 1 unspecified atom stereocenters. The summed E-state index contributed by atoms with van der Waals surface area (Å²) in [5.41, 5.74) is 5.69. The van der Waals surface area contributed by atoms with Gasteiger partial charge in [-0.25, -0.2) is 0 Å². The fraction of sp³-hybridized carbons (Fsp3) is 0.889. The molecule has 2 heteroatoms. The molecule has 2 nitrogen and oxygen atoms in total. The fourth-order valence-electron chi connectivity index (χ4n) is 1.14. The Morgan fingerprint density at radius 1 is 1.64 bits per heavy atom. The Labute approximate surface area is 68.2 Å². The molecule has 0 spiro atoms. The van der Waals surface area contributed by atoms with E-state index in [9.17, 15) is 4.79 Å². The third-order valence-corrected chi connectivity index (χ3v) is 2.32. The lowest BCUT2D eigenvalue weighted by Gasteiger charge is -2.06. The van der Waals surface area contributed by atoms with Gasteiger partial charge in [0.05, 0.1) is 0 Å². The topological polar surface area (TPSA) is 43.1 Å². The molecule has 0 aliphatic heterocycles. The summed E-state index contributed by atoms with van der Waals surface area (Å²) in [7, 11) is 0. The number of hydrogen-bond acceptors (Lipinski definition) is 2. The minimum Gasteiger partial charge on any atom is -0.328 e. The van der Waals surface area contributed by atoms with Crippen molar-refractivity contribution in [3.63, 3.8) is 0 Å². The van der Waals surface area contributed by atoms with Crippen LogP contribution in [0.25, 0.3) is 0 Å². The fourth-order valence-corrected chi connectivity index (χ4v) is 1.14. The first-order valence-electron chi connectivity index (χ1n) is 4.52. The summed E-state index contributed by atoms with van der Waals surface area (Å²) in [5, 5.41) is 0. The Kier molecular flexibility index (Phi) is 3.06. The predicted octanol–water partition coefficient (Wildman–Crippen LogP) is 1.48. The van der Waals surface area contributed by atoms with E-state index in [1.165, 1.54) is 0 Å². The quantitative estimate of drug-likeness (QED) is 0.653. The maximum atomic E-state index is 11.2. The van der Waals surface area contributed by atoms with E-state index in [2.05, 4.69) is 6.92 Å². The first-order chi connectivity index (χ1) is 5.24. The Bertz CT molecular complexity index is 140. The van der Waals surface area contributed by atoms with Gasteiger partial charge in [0, 0.05) is 18.4 Å². The molecule has 1 rings (SSSR count). The van der Waals surface area contributed by atoms with Crippen LogP contribution in [-0.4, -0.2) is 11.8 Å². The van der Waals surface area contributed by atoms with Crippen LogP contribution < -0.4 is 5.73 Å². The second-order valence-corrected chi connectivity index (χ2v) is 3.45. The normalized spacial score (nSPS) is 19.8. The molecule has 1 saturated carbocycles. The molecule has 1 atom stereocenters. The van der Waals surface area contributed by atoms with Gasteiger partial charge in [-0.1, -0.05) is 6.92 Å². The van der Waals surface area contributed by atoms with Crippen LogP contribution in [0.5, 0.6) is 0 Å². The summed E-state index contributed by atoms with van der Waals surface area (Å²) >= 11 is 0. The highest BCUT2D eigenvalue weighted by Gasteiger charge is 2.28. The van der Waals surface area contributed by atoms with Gasteiger partial charge in [0.15, 0.2) is 0 Å². The molecule has 0 amide bonds. The molecule has 1 fully saturated rings. The van der Waals surface area contributed by atoms with Crippen molar-refractivity contribution in [1.82, 2.24) is 0 Å². The van der Waals surface area contributed by atoms with Crippen molar-refractivity contribution in [2.45, 2.75) is 45.1 Å². The Balaban J connectivity index is 2.05. The number of nitrogens with two attached hydrogens (primary N) is 1. The molecule has 1 aliphatic rings. The second-order valence-electron chi connectivity index (χ2n) is 3.45. The first-order valence-corrected chi connectivity index (χ1v) is 4.52. The zero-order valence-electron chi connectivity index (χ0n) is 7.18. The summed E-state index contributed by atoms with van der Waals surface area (Å²) in [6, 6.07) is 0.234. The van der Waals surface area contributed by atoms with Crippen molar-refractivity contribution in [2.24, 2.45) is 11.7 Å². The largest absolute Gasteiger partial charge is 0.328 e. The van der Waals surface area contributed by atoms with Crippen LogP contribution >= 0.6 is 0 Å². The van der Waals surface area contributed by atoms with E-state index in [4.69, 9.17) is 5.73 Å². The minimum absolute atomic E-state index is 0.234. The van der Waals surface area contributed by atoms with Crippen molar-refractivity contribution in [3.05, 3.63) is 0 Å². The zero-order chi connectivity index (χ0) is 8.27. The van der Waals surface area contributed by atoms with E-state index in [0.717, 1.165) is 25.7 Å². The van der Waals surface area contributed by atoms with E-state index in [-0.39, 0.29) is 6.04 Å². The average molecular weight is 155 g/mol. The van der Waals surface area contributed by atoms with Gasteiger partial charge >= 0.3 is 0 Å². The van der Waals surface area contributed by atoms with Crippen LogP contribution in [0.4, 0.5) is 0 Å². The molecular formula is C9H17NO. The molecule has 0 bridgehead atoms. The summed E-state index contributed by atoms with van der Waals surface area (Å²) in [6.45, 7) is 2.06. The Hall–Kier alpha value is -0.370. The lowest BCUT2D eigenvalue weighted by atomic mass is 10.1. The minimum atomic E-state index is 0.234. The van der Waals surface area contributed by atoms with Gasteiger partial charge in [-0.05, 0) is 25.7 Å². The standard InChI is InChI=1S/C9H17NO/c1-2-8(10)5-6-9(11)7-3-4-7/h7-8H,2-6,10H2,1H3. The van der Waals surface area contributed by atoms with Crippen LogP contribution in [0.2, 0.25) is 0 Å². The van der Waals surface area contributed by atoms with Crippen LogP contribution in [-0.2, 0) is 4.79 Å². The maximum Gasteiger partial charge on any atom is 0.136 e. The molecule has 0 aromatic heterocycles. The molecule has 11 heavy (non-hydrogen) atoms. The molecule has 0 aromatic rings. The van der Waals surface area contributed by atoms with Gasteiger partial charge in [-0.3, -0.25) is 4.79 Å².